The SMILES string of the molecule is CN1CC(C(=O)N[C@]2(C)O[C@@]3(O)C4CCCN4C(=O)[C@H](Cc4ccccc4)N3C2=O)C=C2c3cccc4[nH]c(C(F)(F)F)c(c34)CC21. The molecule has 3 unspecified atom stereocenters. The summed E-state index contributed by atoms with van der Waals surface area (Å²) in [5.74, 6) is -4.46. The number of nitrogens with one attached hydrogen (secondary N) is 2. The van der Waals surface area contributed by atoms with Gasteiger partial charge < -0.3 is 20.3 Å². The number of nitrogens with zero attached hydrogens (tertiary/aromatic N) is 3. The predicted octanol–water partition coefficient (Wildman–Crippen LogP) is 3.01. The second-order valence-electron chi connectivity index (χ2n) is 13.4. The summed E-state index contributed by atoms with van der Waals surface area (Å²) in [6, 6.07) is 12.1. The summed E-state index contributed by atoms with van der Waals surface area (Å²) in [7, 11) is 1.76. The van der Waals surface area contributed by atoms with Crippen LogP contribution in [0.4, 0.5) is 13.2 Å². The summed E-state index contributed by atoms with van der Waals surface area (Å²) in [5.41, 5.74) is 0.0213. The normalized spacial score (nSPS) is 31.9. The monoisotopic (exact) mass is 649 g/mol. The maximum absolute atomic E-state index is 14.2. The molecule has 3 saturated heterocycles. The van der Waals surface area contributed by atoms with Crippen LogP contribution in [-0.4, -0.2) is 92.4 Å². The Labute approximate surface area is 268 Å². The third kappa shape index (κ3) is 4.39. The molecule has 13 heteroatoms. The van der Waals surface area contributed by atoms with Gasteiger partial charge in [0.1, 0.15) is 17.8 Å². The summed E-state index contributed by atoms with van der Waals surface area (Å²) in [6.45, 7) is 2.00. The number of aliphatic hydroxyl groups is 1. The van der Waals surface area contributed by atoms with Crippen molar-refractivity contribution in [3.05, 3.63) is 77.0 Å². The summed E-state index contributed by atoms with van der Waals surface area (Å²) in [6.07, 6.45) is -1.43. The Kier molecular flexibility index (Phi) is 6.51. The van der Waals surface area contributed by atoms with Crippen LogP contribution in [-0.2, 0) is 38.1 Å². The first-order valence-electron chi connectivity index (χ1n) is 15.9. The molecule has 5 heterocycles. The molecule has 2 aromatic carbocycles. The van der Waals surface area contributed by atoms with Gasteiger partial charge in [-0.1, -0.05) is 48.5 Å². The lowest BCUT2D eigenvalue weighted by molar-refractivity contribution is -0.315. The van der Waals surface area contributed by atoms with Crippen molar-refractivity contribution in [1.82, 2.24) is 25.0 Å². The molecule has 8 rings (SSSR count). The van der Waals surface area contributed by atoms with Crippen LogP contribution >= 0.6 is 0 Å². The first-order valence-corrected chi connectivity index (χ1v) is 15.9. The van der Waals surface area contributed by atoms with Crippen LogP contribution in [0, 0.1) is 5.92 Å². The molecule has 3 fully saturated rings. The lowest BCUT2D eigenvalue weighted by Crippen LogP contribution is -2.71. The van der Waals surface area contributed by atoms with Crippen molar-refractivity contribution < 1.29 is 37.4 Å². The molecule has 3 N–H and O–H groups in total. The molecule has 0 radical (unpaired) electrons. The van der Waals surface area contributed by atoms with Crippen molar-refractivity contribution in [3.63, 3.8) is 0 Å². The molecular formula is C34H34F3N5O5. The zero-order valence-electron chi connectivity index (χ0n) is 25.8. The van der Waals surface area contributed by atoms with E-state index < -0.39 is 53.3 Å². The number of alkyl halides is 3. The summed E-state index contributed by atoms with van der Waals surface area (Å²) in [4.78, 5) is 49.0. The Bertz CT molecular complexity index is 1860. The molecule has 246 valence electrons. The molecule has 4 aliphatic heterocycles. The van der Waals surface area contributed by atoms with Crippen molar-refractivity contribution in [1.29, 1.82) is 0 Å². The number of aromatic amines is 1. The highest BCUT2D eigenvalue weighted by molar-refractivity contribution is 6.01. The topological polar surface area (TPSA) is 118 Å². The number of carbonyl (C=O) groups is 3. The fourth-order valence-electron chi connectivity index (χ4n) is 8.45. The van der Waals surface area contributed by atoms with Gasteiger partial charge in [-0.15, -0.1) is 0 Å². The fraction of sp³-hybridized carbons (Fsp3) is 0.441. The molecule has 0 saturated carbocycles. The van der Waals surface area contributed by atoms with E-state index in [-0.39, 0.29) is 36.9 Å². The Balaban J connectivity index is 1.12. The molecule has 0 spiro atoms. The number of amides is 3. The maximum atomic E-state index is 14.2. The van der Waals surface area contributed by atoms with Gasteiger partial charge in [-0.05, 0) is 61.6 Å². The zero-order chi connectivity index (χ0) is 33.0. The van der Waals surface area contributed by atoms with Crippen molar-refractivity contribution in [3.8, 4) is 0 Å². The van der Waals surface area contributed by atoms with Crippen molar-refractivity contribution >= 4 is 34.2 Å². The van der Waals surface area contributed by atoms with Gasteiger partial charge >= 0.3 is 6.18 Å². The first kappa shape index (κ1) is 30.2. The molecule has 6 atom stereocenters. The van der Waals surface area contributed by atoms with E-state index >= 15 is 0 Å². The summed E-state index contributed by atoms with van der Waals surface area (Å²) >= 11 is 0. The highest BCUT2D eigenvalue weighted by Gasteiger charge is 2.70. The number of hydrogen-bond donors (Lipinski definition) is 3. The van der Waals surface area contributed by atoms with Gasteiger partial charge in [0.2, 0.25) is 17.5 Å². The van der Waals surface area contributed by atoms with Crippen LogP contribution in [0.2, 0.25) is 0 Å². The van der Waals surface area contributed by atoms with Crippen molar-refractivity contribution in [2.45, 2.75) is 68.5 Å². The Hall–Kier alpha value is -4.20. The second kappa shape index (κ2) is 10.1. The lowest BCUT2D eigenvalue weighted by Gasteiger charge is -2.48. The van der Waals surface area contributed by atoms with E-state index in [1.165, 1.54) is 6.92 Å². The fourth-order valence-corrected chi connectivity index (χ4v) is 8.45. The van der Waals surface area contributed by atoms with Crippen molar-refractivity contribution in [2.24, 2.45) is 5.92 Å². The van der Waals surface area contributed by atoms with Crippen LogP contribution in [0.1, 0.15) is 42.1 Å². The number of piperazine rings is 1. The van der Waals surface area contributed by atoms with E-state index in [0.29, 0.717) is 35.9 Å². The minimum atomic E-state index is -4.54. The van der Waals surface area contributed by atoms with E-state index in [1.54, 1.807) is 36.2 Å². The van der Waals surface area contributed by atoms with Gasteiger partial charge in [-0.25, -0.2) is 0 Å². The molecule has 0 bridgehead atoms. The highest BCUT2D eigenvalue weighted by atomic mass is 19.4. The number of ether oxygens (including phenoxy) is 1. The molecule has 3 aromatic rings. The number of rotatable bonds is 4. The standard InChI is InChI=1S/C34H34F3N5O5/c1-32(31(45)42-25(14-18-8-4-3-5-9-18)30(44)41-13-7-12-26(41)34(42,46)47-32)39-29(43)19-15-21-20-10-6-11-23-27(20)22(16-24(21)40(2)17-19)28(38-23)33(35,36)37/h3-6,8-11,15,19,24-26,38,46H,7,12-14,16-17H2,1-2H3,(H,39,43)/t19?,24?,25-,26?,32+,34-/m0/s1. The molecule has 1 aromatic heterocycles. The molecule has 47 heavy (non-hydrogen) atoms. The van der Waals surface area contributed by atoms with E-state index in [2.05, 4.69) is 10.3 Å². The van der Waals surface area contributed by atoms with Crippen LogP contribution in [0.5, 0.6) is 0 Å². The Morgan fingerprint density at radius 1 is 1.15 bits per heavy atom. The summed E-state index contributed by atoms with van der Waals surface area (Å²) in [5, 5.41) is 15.3. The van der Waals surface area contributed by atoms with Crippen LogP contribution in [0.15, 0.2) is 54.6 Å². The number of carbonyl (C=O) groups excluding carboxylic acids is 3. The molecule has 1 aliphatic carbocycles. The average Bonchev–Trinajstić information content (AvgIpc) is 3.72. The quantitative estimate of drug-likeness (QED) is 0.400. The van der Waals surface area contributed by atoms with Gasteiger partial charge in [0.05, 0.1) is 5.92 Å². The van der Waals surface area contributed by atoms with Crippen LogP contribution in [0.25, 0.3) is 16.5 Å². The minimum absolute atomic E-state index is 0.124. The predicted molar refractivity (Wildman–Crippen MR) is 163 cm³/mol. The van der Waals surface area contributed by atoms with E-state index in [1.807, 2.05) is 35.2 Å². The van der Waals surface area contributed by atoms with E-state index in [9.17, 15) is 32.7 Å². The first-order chi connectivity index (χ1) is 22.3. The smallest absolute Gasteiger partial charge is 0.351 e. The number of aromatic nitrogens is 1. The van der Waals surface area contributed by atoms with Gasteiger partial charge in [0.25, 0.3) is 11.8 Å². The number of fused-ring (bicyclic) bond motifs is 5. The van der Waals surface area contributed by atoms with Gasteiger partial charge in [-0.2, -0.15) is 13.2 Å². The number of H-pyrrole nitrogens is 1. The number of likely N-dealkylation sites (N-methyl/N-ethyl adjacent to an activating group) is 1. The largest absolute Gasteiger partial charge is 0.431 e. The number of hydrogen-bond acceptors (Lipinski definition) is 6. The Morgan fingerprint density at radius 2 is 1.91 bits per heavy atom. The average molecular weight is 650 g/mol. The minimum Gasteiger partial charge on any atom is -0.351 e. The van der Waals surface area contributed by atoms with Gasteiger partial charge in [-0.3, -0.25) is 28.9 Å². The van der Waals surface area contributed by atoms with Crippen molar-refractivity contribution in [2.75, 3.05) is 20.1 Å². The van der Waals surface area contributed by atoms with Crippen LogP contribution < -0.4 is 5.32 Å². The number of halogens is 3. The van der Waals surface area contributed by atoms with E-state index in [0.717, 1.165) is 16.0 Å². The summed E-state index contributed by atoms with van der Waals surface area (Å²) < 4.78 is 48.0. The van der Waals surface area contributed by atoms with E-state index in [4.69, 9.17) is 4.74 Å². The lowest BCUT2D eigenvalue weighted by atomic mass is 9.79. The molecule has 10 nitrogen and oxygen atoms in total. The third-order valence-corrected chi connectivity index (χ3v) is 10.5. The van der Waals surface area contributed by atoms with Gasteiger partial charge in [0, 0.05) is 36.5 Å². The second-order valence-corrected chi connectivity index (χ2v) is 13.4. The Morgan fingerprint density at radius 3 is 2.66 bits per heavy atom. The third-order valence-electron chi connectivity index (χ3n) is 10.5. The molecule has 5 aliphatic rings. The maximum Gasteiger partial charge on any atom is 0.431 e. The molecular weight excluding hydrogens is 615 g/mol. The van der Waals surface area contributed by atoms with Gasteiger partial charge in [0.15, 0.2) is 0 Å². The van der Waals surface area contributed by atoms with Crippen LogP contribution in [0.3, 0.4) is 0 Å². The molecule has 3 amide bonds. The highest BCUT2D eigenvalue weighted by Crippen LogP contribution is 2.47. The number of benzene rings is 2. The zero-order valence-corrected chi connectivity index (χ0v) is 25.8.